The quantitative estimate of drug-likeness (QED) is 0.0630. The minimum absolute atomic E-state index is 0.139. The lowest BCUT2D eigenvalue weighted by molar-refractivity contribution is -0.136. The van der Waals surface area contributed by atoms with Gasteiger partial charge in [-0.25, -0.2) is 9.59 Å². The van der Waals surface area contributed by atoms with Crippen LogP contribution in [-0.2, 0) is 16.1 Å². The Morgan fingerprint density at radius 1 is 1.11 bits per heavy atom. The van der Waals surface area contributed by atoms with Gasteiger partial charge in [0, 0.05) is 16.3 Å². The summed E-state index contributed by atoms with van der Waals surface area (Å²) in [6.45, 7) is 4.00. The Labute approximate surface area is 273 Å². The third kappa shape index (κ3) is 8.55. The Bertz CT molecular complexity index is 1570. The van der Waals surface area contributed by atoms with E-state index in [4.69, 9.17) is 30.5 Å². The fraction of sp³-hybridized carbons (Fsp3) is 0.258. The van der Waals surface area contributed by atoms with Crippen molar-refractivity contribution in [3.8, 4) is 17.2 Å². The van der Waals surface area contributed by atoms with Gasteiger partial charge in [0.1, 0.15) is 19.0 Å². The van der Waals surface area contributed by atoms with E-state index in [1.165, 1.54) is 7.11 Å². The van der Waals surface area contributed by atoms with Crippen LogP contribution in [0, 0.1) is 3.57 Å². The molecule has 0 saturated heterocycles. The minimum Gasteiger partial charge on any atom is -0.490 e. The predicted octanol–water partition coefficient (Wildman–Crippen LogP) is 5.04. The number of rotatable bonds is 13. The van der Waals surface area contributed by atoms with Crippen molar-refractivity contribution in [2.45, 2.75) is 32.7 Å². The molecule has 2 amide bonds. The van der Waals surface area contributed by atoms with Gasteiger partial charge in [-0.1, -0.05) is 35.9 Å². The standard InChI is InChI=1S/C31H32ClIN4O7/c1-4-42-26-14-20(29-28(30(39)41-3)18(2)35-31(40)36-29)10-12-25(26)44-17-27(38)37-34-15-19-9-11-24(23(33)13-19)43-16-21-7-5-6-8-22(21)32/h5-15,27,29,37-38H,4,16-17H2,1-3H3,(H2,35,36,40)/b34-15-/t27-,29+/m0/s1. The van der Waals surface area contributed by atoms with Crippen molar-refractivity contribution in [3.05, 3.63) is 97.2 Å². The van der Waals surface area contributed by atoms with Crippen LogP contribution in [0.25, 0.3) is 0 Å². The van der Waals surface area contributed by atoms with Gasteiger partial charge in [-0.2, -0.15) is 5.10 Å². The molecule has 44 heavy (non-hydrogen) atoms. The van der Waals surface area contributed by atoms with Crippen LogP contribution in [0.15, 0.2) is 77.0 Å². The average molecular weight is 735 g/mol. The molecule has 11 nitrogen and oxygen atoms in total. The van der Waals surface area contributed by atoms with Crippen LogP contribution < -0.4 is 30.3 Å². The molecule has 0 spiro atoms. The molecule has 3 aromatic carbocycles. The van der Waals surface area contributed by atoms with Gasteiger partial charge in [-0.05, 0) is 84.0 Å². The summed E-state index contributed by atoms with van der Waals surface area (Å²) in [5.41, 5.74) is 5.59. The molecule has 13 heteroatoms. The first-order chi connectivity index (χ1) is 21.2. The van der Waals surface area contributed by atoms with Gasteiger partial charge in [-0.15, -0.1) is 0 Å². The SMILES string of the molecule is CCOc1cc([C@H]2NC(=O)NC(C)=C2C(=O)OC)ccc1OC[C@H](O)N/N=C\c1ccc(OCc2ccccc2Cl)c(I)c1. The van der Waals surface area contributed by atoms with Crippen molar-refractivity contribution in [2.24, 2.45) is 5.10 Å². The number of hydrogen-bond acceptors (Lipinski definition) is 9. The van der Waals surface area contributed by atoms with E-state index in [0.717, 1.165) is 20.4 Å². The Morgan fingerprint density at radius 3 is 2.61 bits per heavy atom. The number of urea groups is 1. The summed E-state index contributed by atoms with van der Waals surface area (Å²) in [5, 5.41) is 20.5. The van der Waals surface area contributed by atoms with E-state index in [1.807, 2.05) is 49.4 Å². The Hall–Kier alpha value is -4.01. The highest BCUT2D eigenvalue weighted by Crippen LogP contribution is 2.35. The van der Waals surface area contributed by atoms with E-state index in [-0.39, 0.29) is 12.2 Å². The number of esters is 1. The first-order valence-corrected chi connectivity index (χ1v) is 15.0. The van der Waals surface area contributed by atoms with Crippen LogP contribution in [0.3, 0.4) is 0 Å². The fourth-order valence-corrected chi connectivity index (χ4v) is 5.19. The summed E-state index contributed by atoms with van der Waals surface area (Å²) in [4.78, 5) is 24.6. The van der Waals surface area contributed by atoms with Crippen LogP contribution in [0.2, 0.25) is 5.02 Å². The molecule has 0 radical (unpaired) electrons. The zero-order chi connectivity index (χ0) is 31.6. The second-order valence-electron chi connectivity index (χ2n) is 9.48. The number of benzene rings is 3. The first kappa shape index (κ1) is 32.9. The van der Waals surface area contributed by atoms with Crippen molar-refractivity contribution in [2.75, 3.05) is 20.3 Å². The average Bonchev–Trinajstić information content (AvgIpc) is 3.00. The fourth-order valence-electron chi connectivity index (χ4n) is 4.31. The molecular formula is C31H32ClIN4O7. The van der Waals surface area contributed by atoms with E-state index < -0.39 is 24.3 Å². The molecule has 1 aliphatic heterocycles. The molecule has 0 fully saturated rings. The van der Waals surface area contributed by atoms with Crippen LogP contribution >= 0.6 is 34.2 Å². The number of aliphatic hydroxyl groups is 1. The number of carbonyl (C=O) groups excluding carboxylic acids is 2. The Balaban J connectivity index is 1.35. The molecule has 4 rings (SSSR count). The molecule has 2 atom stereocenters. The normalized spacial score (nSPS) is 15.3. The second kappa shape index (κ2) is 15.6. The third-order valence-corrected chi connectivity index (χ3v) is 7.62. The number of ether oxygens (including phenoxy) is 4. The van der Waals surface area contributed by atoms with Crippen LogP contribution in [0.1, 0.15) is 36.6 Å². The maximum atomic E-state index is 12.4. The number of nitrogens with one attached hydrogen (secondary N) is 3. The number of allylic oxidation sites excluding steroid dienone is 1. The maximum Gasteiger partial charge on any atom is 0.337 e. The maximum absolute atomic E-state index is 12.4. The molecule has 1 aliphatic rings. The molecule has 0 unspecified atom stereocenters. The van der Waals surface area contributed by atoms with Gasteiger partial charge in [0.2, 0.25) is 0 Å². The number of halogens is 2. The van der Waals surface area contributed by atoms with Gasteiger partial charge >= 0.3 is 12.0 Å². The highest BCUT2D eigenvalue weighted by atomic mass is 127. The van der Waals surface area contributed by atoms with Crippen LogP contribution in [-0.4, -0.2) is 49.9 Å². The Morgan fingerprint density at radius 2 is 1.89 bits per heavy atom. The molecule has 232 valence electrons. The van der Waals surface area contributed by atoms with Gasteiger partial charge < -0.3 is 34.7 Å². The molecule has 3 aromatic rings. The van der Waals surface area contributed by atoms with E-state index in [9.17, 15) is 14.7 Å². The smallest absolute Gasteiger partial charge is 0.337 e. The van der Waals surface area contributed by atoms with Crippen molar-refractivity contribution in [3.63, 3.8) is 0 Å². The number of aliphatic hydroxyl groups excluding tert-OH is 1. The molecule has 1 heterocycles. The summed E-state index contributed by atoms with van der Waals surface area (Å²) >= 11 is 8.39. The van der Waals surface area contributed by atoms with Gasteiger partial charge in [0.25, 0.3) is 0 Å². The van der Waals surface area contributed by atoms with Crippen molar-refractivity contribution in [1.82, 2.24) is 16.1 Å². The summed E-state index contributed by atoms with van der Waals surface area (Å²) in [6, 6.07) is 16.9. The summed E-state index contributed by atoms with van der Waals surface area (Å²) in [6.07, 6.45) is 0.448. The molecular weight excluding hydrogens is 703 g/mol. The first-order valence-electron chi connectivity index (χ1n) is 13.6. The highest BCUT2D eigenvalue weighted by Gasteiger charge is 2.32. The molecule has 0 bridgehead atoms. The topological polar surface area (TPSA) is 140 Å². The van der Waals surface area contributed by atoms with E-state index in [1.54, 1.807) is 31.3 Å². The summed E-state index contributed by atoms with van der Waals surface area (Å²) < 4.78 is 23.3. The van der Waals surface area contributed by atoms with Crippen LogP contribution in [0.4, 0.5) is 4.79 Å². The van der Waals surface area contributed by atoms with E-state index in [0.29, 0.717) is 41.0 Å². The highest BCUT2D eigenvalue weighted by molar-refractivity contribution is 14.1. The summed E-state index contributed by atoms with van der Waals surface area (Å²) in [7, 11) is 1.28. The predicted molar refractivity (Wildman–Crippen MR) is 174 cm³/mol. The second-order valence-corrected chi connectivity index (χ2v) is 11.1. The largest absolute Gasteiger partial charge is 0.490 e. The lowest BCUT2D eigenvalue weighted by Gasteiger charge is -2.28. The zero-order valence-corrected chi connectivity index (χ0v) is 27.1. The number of nitrogens with zero attached hydrogens (tertiary/aromatic N) is 1. The van der Waals surface area contributed by atoms with Gasteiger partial charge in [-0.3, -0.25) is 5.43 Å². The monoisotopic (exact) mass is 734 g/mol. The van der Waals surface area contributed by atoms with Gasteiger partial charge in [0.15, 0.2) is 17.7 Å². The van der Waals surface area contributed by atoms with Crippen molar-refractivity contribution < 1.29 is 33.6 Å². The van der Waals surface area contributed by atoms with Crippen molar-refractivity contribution in [1.29, 1.82) is 0 Å². The lowest BCUT2D eigenvalue weighted by atomic mass is 9.95. The van der Waals surface area contributed by atoms with Crippen molar-refractivity contribution >= 4 is 52.4 Å². The zero-order valence-electron chi connectivity index (χ0n) is 24.2. The molecule has 0 saturated carbocycles. The van der Waals surface area contributed by atoms with E-state index in [2.05, 4.69) is 43.8 Å². The number of methoxy groups -OCH3 is 1. The molecule has 4 N–H and O–H groups in total. The van der Waals surface area contributed by atoms with E-state index >= 15 is 0 Å². The minimum atomic E-state index is -1.13. The number of hydrogen-bond donors (Lipinski definition) is 4. The number of carbonyl (C=O) groups is 2. The molecule has 0 aliphatic carbocycles. The third-order valence-electron chi connectivity index (χ3n) is 6.41. The summed E-state index contributed by atoms with van der Waals surface area (Å²) in [5.74, 6) is 0.889. The number of amides is 2. The van der Waals surface area contributed by atoms with Gasteiger partial charge in [0.05, 0.1) is 35.1 Å². The van der Waals surface area contributed by atoms with Crippen LogP contribution in [0.5, 0.6) is 17.2 Å². The Kier molecular flexibility index (Phi) is 11.7. The number of hydrazone groups is 1. The molecule has 0 aromatic heterocycles. The lowest BCUT2D eigenvalue weighted by Crippen LogP contribution is -2.45.